The molecule has 5 heteroatoms. The van der Waals surface area contributed by atoms with Crippen LogP contribution in [-0.2, 0) is 0 Å². The lowest BCUT2D eigenvalue weighted by Gasteiger charge is -2.30. The van der Waals surface area contributed by atoms with Gasteiger partial charge in [-0.1, -0.05) is 6.92 Å². The van der Waals surface area contributed by atoms with Crippen LogP contribution in [0, 0.1) is 12.8 Å². The summed E-state index contributed by atoms with van der Waals surface area (Å²) in [5.41, 5.74) is 1.85. The van der Waals surface area contributed by atoms with Crippen molar-refractivity contribution in [2.45, 2.75) is 26.7 Å². The van der Waals surface area contributed by atoms with Crippen LogP contribution in [0.2, 0.25) is 0 Å². The summed E-state index contributed by atoms with van der Waals surface area (Å²) in [4.78, 5) is 18.5. The van der Waals surface area contributed by atoms with Crippen molar-refractivity contribution < 1.29 is 4.79 Å². The molecular formula is C15H19N3OS. The second kappa shape index (κ2) is 5.40. The first-order valence-corrected chi connectivity index (χ1v) is 7.86. The molecule has 0 aliphatic carbocycles. The van der Waals surface area contributed by atoms with Crippen molar-refractivity contribution >= 4 is 33.3 Å². The Morgan fingerprint density at radius 3 is 2.90 bits per heavy atom. The van der Waals surface area contributed by atoms with Gasteiger partial charge in [-0.05, 0) is 43.9 Å². The molecule has 4 nitrogen and oxygen atoms in total. The summed E-state index contributed by atoms with van der Waals surface area (Å²) < 4.78 is 1.12. The van der Waals surface area contributed by atoms with E-state index in [0.717, 1.165) is 52.8 Å². The maximum absolute atomic E-state index is 12.2. The third-order valence-corrected chi connectivity index (χ3v) is 4.75. The SMILES string of the molecule is Cc1nc2ccc(NC(=O)N3CCC(C)CC3)cc2s1. The number of likely N-dealkylation sites (tertiary alicyclic amines) is 1. The maximum atomic E-state index is 12.2. The molecule has 0 atom stereocenters. The van der Waals surface area contributed by atoms with Gasteiger partial charge in [-0.25, -0.2) is 9.78 Å². The number of carbonyl (C=O) groups is 1. The highest BCUT2D eigenvalue weighted by atomic mass is 32.1. The van der Waals surface area contributed by atoms with E-state index in [1.807, 2.05) is 30.0 Å². The van der Waals surface area contributed by atoms with Crippen molar-refractivity contribution in [3.05, 3.63) is 23.2 Å². The molecule has 0 saturated carbocycles. The summed E-state index contributed by atoms with van der Waals surface area (Å²) in [6.45, 7) is 5.96. The lowest BCUT2D eigenvalue weighted by molar-refractivity contribution is 0.186. The van der Waals surface area contributed by atoms with E-state index in [0.29, 0.717) is 0 Å². The number of thiazole rings is 1. The average Bonchev–Trinajstić information content (AvgIpc) is 2.78. The Bertz CT molecular complexity index is 629. The molecular weight excluding hydrogens is 270 g/mol. The summed E-state index contributed by atoms with van der Waals surface area (Å²) >= 11 is 1.65. The molecule has 2 aromatic rings. The molecule has 0 spiro atoms. The lowest BCUT2D eigenvalue weighted by atomic mass is 10.00. The first-order chi connectivity index (χ1) is 9.61. The van der Waals surface area contributed by atoms with Gasteiger partial charge < -0.3 is 10.2 Å². The standard InChI is InChI=1S/C15H19N3OS/c1-10-5-7-18(8-6-10)15(19)17-12-3-4-13-14(9-12)20-11(2)16-13/h3-4,9-10H,5-8H2,1-2H3,(H,17,19). The van der Waals surface area contributed by atoms with E-state index < -0.39 is 0 Å². The van der Waals surface area contributed by atoms with E-state index >= 15 is 0 Å². The second-order valence-corrected chi connectivity index (χ2v) is 6.75. The highest BCUT2D eigenvalue weighted by Crippen LogP contribution is 2.25. The van der Waals surface area contributed by atoms with Gasteiger partial charge in [-0.3, -0.25) is 0 Å². The monoisotopic (exact) mass is 289 g/mol. The highest BCUT2D eigenvalue weighted by molar-refractivity contribution is 7.18. The Kier molecular flexibility index (Phi) is 3.61. The van der Waals surface area contributed by atoms with Crippen molar-refractivity contribution in [2.24, 2.45) is 5.92 Å². The van der Waals surface area contributed by atoms with Gasteiger partial charge in [0.1, 0.15) is 0 Å². The topological polar surface area (TPSA) is 45.2 Å². The summed E-state index contributed by atoms with van der Waals surface area (Å²) in [6.07, 6.45) is 2.20. The number of hydrogen-bond acceptors (Lipinski definition) is 3. The maximum Gasteiger partial charge on any atom is 0.321 e. The molecule has 1 aromatic heterocycles. The van der Waals surface area contributed by atoms with E-state index in [4.69, 9.17) is 0 Å². The predicted molar refractivity (Wildman–Crippen MR) is 83.3 cm³/mol. The highest BCUT2D eigenvalue weighted by Gasteiger charge is 2.20. The van der Waals surface area contributed by atoms with Crippen molar-refractivity contribution in [2.75, 3.05) is 18.4 Å². The fourth-order valence-electron chi connectivity index (χ4n) is 2.53. The molecule has 0 bridgehead atoms. The zero-order chi connectivity index (χ0) is 14.1. The zero-order valence-corrected chi connectivity index (χ0v) is 12.7. The van der Waals surface area contributed by atoms with Crippen LogP contribution in [0.5, 0.6) is 0 Å². The summed E-state index contributed by atoms with van der Waals surface area (Å²) in [6, 6.07) is 5.90. The third-order valence-electron chi connectivity index (χ3n) is 3.82. The first kappa shape index (κ1) is 13.4. The molecule has 1 fully saturated rings. The molecule has 0 radical (unpaired) electrons. The lowest BCUT2D eigenvalue weighted by Crippen LogP contribution is -2.40. The smallest absolute Gasteiger partial charge is 0.321 e. The van der Waals surface area contributed by atoms with Crippen molar-refractivity contribution in [3.63, 3.8) is 0 Å². The van der Waals surface area contributed by atoms with Gasteiger partial charge in [0.25, 0.3) is 0 Å². The fourth-order valence-corrected chi connectivity index (χ4v) is 3.40. The number of nitrogens with zero attached hydrogens (tertiary/aromatic N) is 2. The van der Waals surface area contributed by atoms with Gasteiger partial charge in [0.15, 0.2) is 0 Å². The number of aromatic nitrogens is 1. The quantitative estimate of drug-likeness (QED) is 0.866. The van der Waals surface area contributed by atoms with Crippen LogP contribution in [0.3, 0.4) is 0 Å². The number of nitrogens with one attached hydrogen (secondary N) is 1. The Balaban J connectivity index is 1.70. The van der Waals surface area contributed by atoms with Crippen LogP contribution in [0.1, 0.15) is 24.8 Å². The molecule has 2 heterocycles. The largest absolute Gasteiger partial charge is 0.325 e. The molecule has 1 aliphatic rings. The molecule has 1 saturated heterocycles. The van der Waals surface area contributed by atoms with Crippen LogP contribution in [0.15, 0.2) is 18.2 Å². The zero-order valence-electron chi connectivity index (χ0n) is 11.8. The minimum Gasteiger partial charge on any atom is -0.325 e. The number of anilines is 1. The van der Waals surface area contributed by atoms with E-state index in [2.05, 4.69) is 17.2 Å². The Morgan fingerprint density at radius 1 is 1.40 bits per heavy atom. The van der Waals surface area contributed by atoms with Crippen LogP contribution in [-0.4, -0.2) is 29.0 Å². The molecule has 3 rings (SSSR count). The number of piperidine rings is 1. The number of carbonyl (C=O) groups excluding carboxylic acids is 1. The van der Waals surface area contributed by atoms with Crippen LogP contribution in [0.25, 0.3) is 10.2 Å². The number of amides is 2. The summed E-state index contributed by atoms with van der Waals surface area (Å²) in [7, 11) is 0. The van der Waals surface area contributed by atoms with E-state index in [9.17, 15) is 4.79 Å². The fraction of sp³-hybridized carbons (Fsp3) is 0.467. The van der Waals surface area contributed by atoms with Gasteiger partial charge in [-0.2, -0.15) is 0 Å². The van der Waals surface area contributed by atoms with E-state index in [1.54, 1.807) is 11.3 Å². The number of fused-ring (bicyclic) bond motifs is 1. The first-order valence-electron chi connectivity index (χ1n) is 7.05. The van der Waals surface area contributed by atoms with Gasteiger partial charge in [0, 0.05) is 18.8 Å². The second-order valence-electron chi connectivity index (χ2n) is 5.52. The normalized spacial score (nSPS) is 16.6. The van der Waals surface area contributed by atoms with Crippen molar-refractivity contribution in [1.29, 1.82) is 0 Å². The minimum absolute atomic E-state index is 0.0116. The van der Waals surface area contributed by atoms with Crippen molar-refractivity contribution in [1.82, 2.24) is 9.88 Å². The third kappa shape index (κ3) is 2.77. The average molecular weight is 289 g/mol. The molecule has 1 aliphatic heterocycles. The summed E-state index contributed by atoms with van der Waals surface area (Å²) in [5, 5.41) is 4.04. The molecule has 1 N–H and O–H groups in total. The number of hydrogen-bond donors (Lipinski definition) is 1. The molecule has 106 valence electrons. The molecule has 1 aromatic carbocycles. The Morgan fingerprint density at radius 2 is 2.15 bits per heavy atom. The molecule has 0 unspecified atom stereocenters. The minimum atomic E-state index is 0.0116. The Hall–Kier alpha value is -1.62. The summed E-state index contributed by atoms with van der Waals surface area (Å²) in [5.74, 6) is 0.732. The number of rotatable bonds is 1. The van der Waals surface area contributed by atoms with E-state index in [-0.39, 0.29) is 6.03 Å². The number of aryl methyl sites for hydroxylation is 1. The predicted octanol–water partition coefficient (Wildman–Crippen LogP) is 3.87. The van der Waals surface area contributed by atoms with Gasteiger partial charge >= 0.3 is 6.03 Å². The van der Waals surface area contributed by atoms with Gasteiger partial charge in [0.2, 0.25) is 0 Å². The number of urea groups is 1. The van der Waals surface area contributed by atoms with Crippen LogP contribution < -0.4 is 5.32 Å². The number of benzene rings is 1. The van der Waals surface area contributed by atoms with Gasteiger partial charge in [-0.15, -0.1) is 11.3 Å². The molecule has 20 heavy (non-hydrogen) atoms. The van der Waals surface area contributed by atoms with Crippen molar-refractivity contribution in [3.8, 4) is 0 Å². The van der Waals surface area contributed by atoms with E-state index in [1.165, 1.54) is 0 Å². The Labute approximate surface area is 122 Å². The molecule has 2 amide bonds. The van der Waals surface area contributed by atoms with Gasteiger partial charge in [0.05, 0.1) is 15.2 Å². The van der Waals surface area contributed by atoms with Crippen LogP contribution >= 0.6 is 11.3 Å². The van der Waals surface area contributed by atoms with Crippen LogP contribution in [0.4, 0.5) is 10.5 Å².